The zero-order valence-electron chi connectivity index (χ0n) is 12.9. The van der Waals surface area contributed by atoms with Gasteiger partial charge in [-0.2, -0.15) is 0 Å². The van der Waals surface area contributed by atoms with E-state index in [9.17, 15) is 18.0 Å². The van der Waals surface area contributed by atoms with Crippen LogP contribution in [0.4, 0.5) is 24.8 Å². The number of benzene rings is 2. The second-order valence-electron chi connectivity index (χ2n) is 5.08. The van der Waals surface area contributed by atoms with Crippen molar-refractivity contribution in [1.29, 1.82) is 0 Å². The Balaban J connectivity index is 1.97. The van der Waals surface area contributed by atoms with Gasteiger partial charge < -0.3 is 10.1 Å². The summed E-state index contributed by atoms with van der Waals surface area (Å²) >= 11 is 0. The molecule has 0 radical (unpaired) electrons. The van der Waals surface area contributed by atoms with Crippen LogP contribution in [-0.2, 0) is 0 Å². The summed E-state index contributed by atoms with van der Waals surface area (Å²) < 4.78 is 45.0. The minimum absolute atomic E-state index is 0.108. The van der Waals surface area contributed by atoms with E-state index >= 15 is 0 Å². The molecule has 0 aliphatic rings. The third-order valence-corrected chi connectivity index (χ3v) is 3.39. The van der Waals surface area contributed by atoms with Crippen LogP contribution in [0.15, 0.2) is 47.3 Å². The molecule has 3 rings (SSSR count). The highest BCUT2D eigenvalue weighted by Gasteiger charge is 2.12. The highest BCUT2D eigenvalue weighted by atomic mass is 19.2. The molecular weight excluding hydrogens is 335 g/mol. The Labute approximate surface area is 140 Å². The maximum absolute atomic E-state index is 13.7. The highest BCUT2D eigenvalue weighted by Crippen LogP contribution is 2.23. The topological polar surface area (TPSA) is 67.0 Å². The SMILES string of the molecule is COc1ccc(-c2cc(=O)[nH]c(Nc3cc(F)c(F)cc3F)n2)cc1. The number of hydrogen-bond donors (Lipinski definition) is 2. The minimum atomic E-state index is -1.31. The predicted octanol–water partition coefficient (Wildman–Crippen LogP) is 3.61. The third kappa shape index (κ3) is 3.63. The third-order valence-electron chi connectivity index (χ3n) is 3.39. The second-order valence-corrected chi connectivity index (χ2v) is 5.08. The summed E-state index contributed by atoms with van der Waals surface area (Å²) in [5.74, 6) is -3.02. The number of anilines is 2. The normalized spacial score (nSPS) is 10.6. The molecule has 0 amide bonds. The number of methoxy groups -OCH3 is 1. The zero-order valence-corrected chi connectivity index (χ0v) is 12.9. The molecule has 2 N–H and O–H groups in total. The number of nitrogens with zero attached hydrogens (tertiary/aromatic N) is 1. The smallest absolute Gasteiger partial charge is 0.252 e. The van der Waals surface area contributed by atoms with Crippen LogP contribution in [0.5, 0.6) is 5.75 Å². The van der Waals surface area contributed by atoms with E-state index in [0.717, 1.165) is 0 Å². The van der Waals surface area contributed by atoms with Crippen LogP contribution in [0, 0.1) is 17.5 Å². The van der Waals surface area contributed by atoms with Crippen LogP contribution in [-0.4, -0.2) is 17.1 Å². The summed E-state index contributed by atoms with van der Waals surface area (Å²) in [6.45, 7) is 0. The molecule has 0 aliphatic carbocycles. The lowest BCUT2D eigenvalue weighted by molar-refractivity contribution is 0.415. The van der Waals surface area contributed by atoms with Crippen LogP contribution in [0.25, 0.3) is 11.3 Å². The van der Waals surface area contributed by atoms with Crippen molar-refractivity contribution < 1.29 is 17.9 Å². The van der Waals surface area contributed by atoms with E-state index in [1.165, 1.54) is 13.2 Å². The molecule has 0 unspecified atom stereocenters. The van der Waals surface area contributed by atoms with E-state index in [-0.39, 0.29) is 11.6 Å². The Bertz CT molecular complexity index is 972. The summed E-state index contributed by atoms with van der Waals surface area (Å²) in [6.07, 6.45) is 0. The molecule has 5 nitrogen and oxygen atoms in total. The summed E-state index contributed by atoms with van der Waals surface area (Å²) in [7, 11) is 1.53. The molecule has 2 aromatic carbocycles. The molecule has 0 bridgehead atoms. The van der Waals surface area contributed by atoms with E-state index in [0.29, 0.717) is 29.1 Å². The summed E-state index contributed by atoms with van der Waals surface area (Å²) in [6, 6.07) is 9.09. The number of aromatic amines is 1. The second kappa shape index (κ2) is 6.68. The number of rotatable bonds is 4. The number of halogens is 3. The van der Waals surface area contributed by atoms with Gasteiger partial charge in [0.2, 0.25) is 5.95 Å². The highest BCUT2D eigenvalue weighted by molar-refractivity contribution is 5.62. The largest absolute Gasteiger partial charge is 0.497 e. The van der Waals surface area contributed by atoms with Crippen LogP contribution < -0.4 is 15.6 Å². The monoisotopic (exact) mass is 347 g/mol. The number of ether oxygens (including phenoxy) is 1. The van der Waals surface area contributed by atoms with Gasteiger partial charge in [-0.15, -0.1) is 0 Å². The van der Waals surface area contributed by atoms with E-state index in [2.05, 4.69) is 15.3 Å². The molecule has 0 aliphatic heterocycles. The average molecular weight is 347 g/mol. The zero-order chi connectivity index (χ0) is 18.0. The van der Waals surface area contributed by atoms with Crippen molar-refractivity contribution in [3.8, 4) is 17.0 Å². The van der Waals surface area contributed by atoms with E-state index in [1.54, 1.807) is 24.3 Å². The molecule has 8 heteroatoms. The van der Waals surface area contributed by atoms with Gasteiger partial charge in [0, 0.05) is 23.8 Å². The first-order valence-corrected chi connectivity index (χ1v) is 7.13. The lowest BCUT2D eigenvalue weighted by atomic mass is 10.1. The van der Waals surface area contributed by atoms with Crippen molar-refractivity contribution in [2.24, 2.45) is 0 Å². The molecule has 1 heterocycles. The molecule has 1 aromatic heterocycles. The summed E-state index contributed by atoms with van der Waals surface area (Å²) in [5.41, 5.74) is 0.0952. The van der Waals surface area contributed by atoms with Gasteiger partial charge in [-0.1, -0.05) is 0 Å². The van der Waals surface area contributed by atoms with Crippen molar-refractivity contribution in [3.63, 3.8) is 0 Å². The van der Waals surface area contributed by atoms with Crippen LogP contribution in [0.1, 0.15) is 0 Å². The van der Waals surface area contributed by atoms with Gasteiger partial charge >= 0.3 is 0 Å². The van der Waals surface area contributed by atoms with Gasteiger partial charge in [-0.05, 0) is 24.3 Å². The Kier molecular flexibility index (Phi) is 4.42. The standard InChI is InChI=1S/C17H12F3N3O2/c1-25-10-4-2-9(3-5-10)14-8-16(24)23-17(21-14)22-15-7-12(19)11(18)6-13(15)20/h2-8H,1H3,(H2,21,22,23,24). The molecule has 128 valence electrons. The predicted molar refractivity (Wildman–Crippen MR) is 86.4 cm³/mol. The lowest BCUT2D eigenvalue weighted by Crippen LogP contribution is -2.11. The van der Waals surface area contributed by atoms with E-state index in [1.807, 2.05) is 0 Å². The molecular formula is C17H12F3N3O2. The number of aromatic nitrogens is 2. The van der Waals surface area contributed by atoms with E-state index in [4.69, 9.17) is 4.74 Å². The Hall–Kier alpha value is -3.29. The molecule has 0 spiro atoms. The maximum Gasteiger partial charge on any atom is 0.252 e. The van der Waals surface area contributed by atoms with Gasteiger partial charge in [0.05, 0.1) is 18.5 Å². The fourth-order valence-corrected chi connectivity index (χ4v) is 2.17. The number of H-pyrrole nitrogens is 1. The first-order chi connectivity index (χ1) is 12.0. The van der Waals surface area contributed by atoms with Crippen LogP contribution in [0.2, 0.25) is 0 Å². The van der Waals surface area contributed by atoms with Crippen molar-refractivity contribution in [2.75, 3.05) is 12.4 Å². The van der Waals surface area contributed by atoms with Gasteiger partial charge in [-0.25, -0.2) is 18.2 Å². The summed E-state index contributed by atoms with van der Waals surface area (Å²) in [4.78, 5) is 18.3. The van der Waals surface area contributed by atoms with Crippen LogP contribution >= 0.6 is 0 Å². The molecule has 0 saturated heterocycles. The minimum Gasteiger partial charge on any atom is -0.497 e. The lowest BCUT2D eigenvalue weighted by Gasteiger charge is -2.09. The fourth-order valence-electron chi connectivity index (χ4n) is 2.17. The Morgan fingerprint density at radius 3 is 2.36 bits per heavy atom. The van der Waals surface area contributed by atoms with Gasteiger partial charge in [-0.3, -0.25) is 9.78 Å². The summed E-state index contributed by atoms with van der Waals surface area (Å²) in [5, 5.41) is 2.44. The Morgan fingerprint density at radius 2 is 1.68 bits per heavy atom. The number of nitrogens with one attached hydrogen (secondary N) is 2. The molecule has 3 aromatic rings. The first-order valence-electron chi connectivity index (χ1n) is 7.13. The molecule has 0 atom stereocenters. The van der Waals surface area contributed by atoms with Gasteiger partial charge in [0.15, 0.2) is 11.6 Å². The van der Waals surface area contributed by atoms with Crippen molar-refractivity contribution in [2.45, 2.75) is 0 Å². The number of hydrogen-bond acceptors (Lipinski definition) is 4. The molecule has 25 heavy (non-hydrogen) atoms. The average Bonchev–Trinajstić information content (AvgIpc) is 2.59. The quantitative estimate of drug-likeness (QED) is 0.708. The van der Waals surface area contributed by atoms with Gasteiger partial charge in [0.1, 0.15) is 11.6 Å². The Morgan fingerprint density at radius 1 is 1.00 bits per heavy atom. The first kappa shape index (κ1) is 16.6. The molecule has 0 fully saturated rings. The fraction of sp³-hybridized carbons (Fsp3) is 0.0588. The van der Waals surface area contributed by atoms with Crippen LogP contribution in [0.3, 0.4) is 0 Å². The van der Waals surface area contributed by atoms with Crippen molar-refractivity contribution in [3.05, 3.63) is 70.3 Å². The van der Waals surface area contributed by atoms with Crippen molar-refractivity contribution >= 4 is 11.6 Å². The van der Waals surface area contributed by atoms with E-state index < -0.39 is 23.0 Å². The van der Waals surface area contributed by atoms with Crippen molar-refractivity contribution in [1.82, 2.24) is 9.97 Å². The maximum atomic E-state index is 13.7. The van der Waals surface area contributed by atoms with Gasteiger partial charge in [0.25, 0.3) is 5.56 Å². The molecule has 0 saturated carbocycles.